The molecule has 446 valence electrons. The van der Waals surface area contributed by atoms with Crippen molar-refractivity contribution in [1.82, 2.24) is 27.4 Å². The Kier molecular flexibility index (Phi) is 11.1. The highest BCUT2D eigenvalue weighted by atomic mass is 15.1. The lowest BCUT2D eigenvalue weighted by molar-refractivity contribution is 1.09. The van der Waals surface area contributed by atoms with Crippen LogP contribution in [-0.2, 0) is 0 Å². The molecule has 0 atom stereocenters. The third-order valence-electron chi connectivity index (χ3n) is 20.6. The summed E-state index contributed by atoms with van der Waals surface area (Å²) < 4.78 is 14.8. The molecular weight excluding hydrogens is 1170 g/mol. The Hall–Kier alpha value is -12.9. The molecule has 0 unspecified atom stereocenters. The fourth-order valence-corrected chi connectivity index (χ4v) is 16.6. The molecule has 6 nitrogen and oxygen atoms in total. The van der Waals surface area contributed by atoms with E-state index < -0.39 is 0 Å². The van der Waals surface area contributed by atoms with Gasteiger partial charge in [0, 0.05) is 77.2 Å². The molecule has 0 radical (unpaired) electrons. The van der Waals surface area contributed by atoms with Crippen LogP contribution in [-0.4, -0.2) is 27.4 Å². The van der Waals surface area contributed by atoms with Crippen molar-refractivity contribution in [2.75, 3.05) is 0 Å². The van der Waals surface area contributed by atoms with E-state index in [4.69, 9.17) is 0 Å². The summed E-state index contributed by atoms with van der Waals surface area (Å²) in [6.45, 7) is 0. The molecule has 0 saturated carbocycles. The first-order valence-electron chi connectivity index (χ1n) is 33.1. The van der Waals surface area contributed by atoms with Gasteiger partial charge in [-0.2, -0.15) is 0 Å². The minimum atomic E-state index is 1.09. The largest absolute Gasteiger partial charge is 0.309 e. The van der Waals surface area contributed by atoms with Gasteiger partial charge in [-0.3, -0.25) is 0 Å². The van der Waals surface area contributed by atoms with Crippen molar-refractivity contribution in [2.24, 2.45) is 0 Å². The van der Waals surface area contributed by atoms with E-state index in [0.717, 1.165) is 105 Å². The molecule has 0 bridgehead atoms. The lowest BCUT2D eigenvalue weighted by Crippen LogP contribution is -2.08. The van der Waals surface area contributed by atoms with Crippen LogP contribution in [0.15, 0.2) is 340 Å². The van der Waals surface area contributed by atoms with Gasteiger partial charge >= 0.3 is 0 Å². The molecule has 0 aliphatic rings. The number of rotatable bonds is 6. The van der Waals surface area contributed by atoms with E-state index >= 15 is 0 Å². The summed E-state index contributed by atoms with van der Waals surface area (Å²) in [6.07, 6.45) is 0. The Morgan fingerprint density at radius 2 is 0.312 bits per heavy atom. The van der Waals surface area contributed by atoms with Gasteiger partial charge in [0.1, 0.15) is 0 Å². The van der Waals surface area contributed by atoms with Crippen LogP contribution in [0.25, 0.3) is 187 Å². The number of fused-ring (bicyclic) bond motifs is 22. The van der Waals surface area contributed by atoms with Gasteiger partial charge in [-0.15, -0.1) is 0 Å². The number of hydrogen-bond donors (Lipinski definition) is 0. The summed E-state index contributed by atoms with van der Waals surface area (Å²) in [7, 11) is 0. The number of hydrogen-bond acceptors (Lipinski definition) is 0. The minimum Gasteiger partial charge on any atom is -0.309 e. The highest BCUT2D eigenvalue weighted by Gasteiger charge is 2.23. The highest BCUT2D eigenvalue weighted by molar-refractivity contribution is 6.28. The Morgan fingerprint density at radius 1 is 0.104 bits per heavy atom. The van der Waals surface area contributed by atoms with Crippen LogP contribution in [0.4, 0.5) is 0 Å². The van der Waals surface area contributed by atoms with Crippen LogP contribution in [0, 0.1) is 0 Å². The topological polar surface area (TPSA) is 29.6 Å². The van der Waals surface area contributed by atoms with Crippen molar-refractivity contribution in [3.63, 3.8) is 0 Å². The van der Waals surface area contributed by atoms with E-state index in [1.54, 1.807) is 0 Å². The molecule has 21 rings (SSSR count). The predicted molar refractivity (Wildman–Crippen MR) is 405 cm³/mol. The lowest BCUT2D eigenvalue weighted by Gasteiger charge is -2.23. The average molecular weight is 1220 g/mol. The van der Waals surface area contributed by atoms with Crippen molar-refractivity contribution < 1.29 is 0 Å². The van der Waals surface area contributed by atoms with Gasteiger partial charge in [-0.1, -0.05) is 194 Å². The second-order valence-electron chi connectivity index (χ2n) is 25.6. The Morgan fingerprint density at radius 3 is 0.656 bits per heavy atom. The lowest BCUT2D eigenvalue weighted by atomic mass is 9.93. The fraction of sp³-hybridized carbons (Fsp3) is 0. The first-order chi connectivity index (χ1) is 47.7. The van der Waals surface area contributed by atoms with E-state index in [0.29, 0.717) is 0 Å². The summed E-state index contributed by atoms with van der Waals surface area (Å²) >= 11 is 0. The maximum Gasteiger partial charge on any atom is 0.0709 e. The molecule has 0 fully saturated rings. The Labute approximate surface area is 550 Å². The van der Waals surface area contributed by atoms with Crippen LogP contribution in [0.5, 0.6) is 0 Å². The average Bonchev–Trinajstić information content (AvgIpc) is 0.867. The molecule has 0 aliphatic carbocycles. The predicted octanol–water partition coefficient (Wildman–Crippen LogP) is 23.7. The smallest absolute Gasteiger partial charge is 0.0709 e. The van der Waals surface area contributed by atoms with Crippen LogP contribution >= 0.6 is 0 Å². The summed E-state index contributed by atoms with van der Waals surface area (Å²) in [5, 5.41) is 19.1. The van der Waals surface area contributed by atoms with E-state index in [1.807, 2.05) is 0 Å². The molecule has 5 aromatic heterocycles. The van der Waals surface area contributed by atoms with Crippen LogP contribution in [0.3, 0.4) is 0 Å². The normalized spacial score (nSPS) is 12.2. The van der Waals surface area contributed by atoms with Gasteiger partial charge in [0.2, 0.25) is 0 Å². The highest BCUT2D eigenvalue weighted by Crippen LogP contribution is 2.45. The molecule has 96 heavy (non-hydrogen) atoms. The van der Waals surface area contributed by atoms with Crippen molar-refractivity contribution >= 4 is 152 Å². The van der Waals surface area contributed by atoms with Crippen molar-refractivity contribution in [3.8, 4) is 34.1 Å². The third-order valence-corrected chi connectivity index (χ3v) is 20.6. The zero-order valence-corrected chi connectivity index (χ0v) is 52.0. The van der Waals surface area contributed by atoms with Gasteiger partial charge in [-0.25, -0.2) is 0 Å². The number of benzene rings is 15. The standard InChI is InChI=1S/C90H56N6/c1-3-23-57(24-4-1)91-87-41-21-22-42-88(87)92(58-25-5-2-6-26-58)90-56-76-74-52-60(96-84-40-20-14-34-72(84)78-54-62(46-50-86(78)96)94-81-37-17-11-31-69(81)70-32-12-18-38-82(70)94)44-48-66(74)65-47-43-59(51-73(65)63-27-7-8-28-64(63)75(76)55-89(90)91)95-83-39-19-13-33-71(83)77-53-61(45-49-85(77)95)93-79-35-15-9-29-67(79)68-30-10-16-36-80(68)93/h1-56H. The maximum absolute atomic E-state index is 2.50. The SMILES string of the molecule is c1ccc(-n2c3ccccc3n(-c3ccccc3)c3cc4c5cc(-n6c7ccccc7c7cc(-n8c9ccccc9c9ccccc98)ccc76)ccc5c5ccc(-n6c7ccccc7c7cc(-n8c9ccccc9c9ccccc98)ccc76)cc5c5ccccc5c4cc32)cc1. The van der Waals surface area contributed by atoms with Crippen molar-refractivity contribution in [3.05, 3.63) is 340 Å². The molecule has 0 N–H and O–H groups in total. The van der Waals surface area contributed by atoms with Gasteiger partial charge in [0.15, 0.2) is 0 Å². The van der Waals surface area contributed by atoms with Crippen molar-refractivity contribution in [2.45, 2.75) is 0 Å². The second-order valence-corrected chi connectivity index (χ2v) is 25.6. The first-order valence-corrected chi connectivity index (χ1v) is 33.1. The third kappa shape index (κ3) is 7.52. The molecular formula is C90H56N6. The molecule has 6 heteroatoms. The van der Waals surface area contributed by atoms with E-state index in [1.165, 1.54) is 81.3 Å². The summed E-state index contributed by atoms with van der Waals surface area (Å²) in [4.78, 5) is 0. The quantitative estimate of drug-likeness (QED) is 0.149. The van der Waals surface area contributed by atoms with Crippen LogP contribution in [0.1, 0.15) is 0 Å². The molecule has 0 amide bonds. The van der Waals surface area contributed by atoms with Gasteiger partial charge in [0.05, 0.1) is 66.2 Å². The molecule has 0 aliphatic heterocycles. The van der Waals surface area contributed by atoms with E-state index in [-0.39, 0.29) is 0 Å². The zero-order chi connectivity index (χ0) is 62.7. The number of aromatic nitrogens is 6. The summed E-state index contributed by atoms with van der Waals surface area (Å²) in [6, 6.07) is 126. The maximum atomic E-state index is 2.50. The molecule has 0 saturated heterocycles. The monoisotopic (exact) mass is 1220 g/mol. The van der Waals surface area contributed by atoms with Crippen LogP contribution in [0.2, 0.25) is 0 Å². The zero-order valence-electron chi connectivity index (χ0n) is 52.0. The van der Waals surface area contributed by atoms with Gasteiger partial charge < -0.3 is 27.4 Å². The Balaban J connectivity index is 0.875. The molecule has 5 heterocycles. The second kappa shape index (κ2) is 20.3. The first kappa shape index (κ1) is 52.7. The van der Waals surface area contributed by atoms with E-state index in [9.17, 15) is 0 Å². The summed E-state index contributed by atoms with van der Waals surface area (Å²) in [5.74, 6) is 0. The molecule has 0 spiro atoms. The molecule has 21 aromatic rings. The van der Waals surface area contributed by atoms with Crippen LogP contribution < -0.4 is 0 Å². The summed E-state index contributed by atoms with van der Waals surface area (Å²) in [5.41, 5.74) is 20.4. The van der Waals surface area contributed by atoms with E-state index in [2.05, 4.69) is 367 Å². The van der Waals surface area contributed by atoms with Crippen molar-refractivity contribution in [1.29, 1.82) is 0 Å². The molecule has 16 aromatic carbocycles. The number of nitrogens with zero attached hydrogens (tertiary/aromatic N) is 6. The fourth-order valence-electron chi connectivity index (χ4n) is 16.6. The minimum absolute atomic E-state index is 1.09. The number of para-hydroxylation sites is 10. The van der Waals surface area contributed by atoms with Gasteiger partial charge in [-0.05, 0) is 189 Å². The Bertz CT molecular complexity index is 6840. The van der Waals surface area contributed by atoms with Gasteiger partial charge in [0.25, 0.3) is 0 Å².